The van der Waals surface area contributed by atoms with Gasteiger partial charge in [0.1, 0.15) is 5.76 Å². The summed E-state index contributed by atoms with van der Waals surface area (Å²) in [6.07, 6.45) is 9.55. The third-order valence-corrected chi connectivity index (χ3v) is 3.16. The molecule has 0 fully saturated rings. The van der Waals surface area contributed by atoms with Gasteiger partial charge in [-0.05, 0) is 30.7 Å². The minimum absolute atomic E-state index is 0.358. The molecule has 3 nitrogen and oxygen atoms in total. The molecule has 0 aromatic heterocycles. The summed E-state index contributed by atoms with van der Waals surface area (Å²) in [5.41, 5.74) is 4.72. The number of nitrogens with zero attached hydrogens (tertiary/aromatic N) is 1. The Kier molecular flexibility index (Phi) is 2.26. The summed E-state index contributed by atoms with van der Waals surface area (Å²) >= 11 is 0. The quantitative estimate of drug-likeness (QED) is 0.701. The van der Waals surface area contributed by atoms with Crippen molar-refractivity contribution in [1.82, 2.24) is 5.32 Å². The zero-order valence-electron chi connectivity index (χ0n) is 9.03. The van der Waals surface area contributed by atoms with E-state index in [-0.39, 0.29) is 0 Å². The maximum Gasteiger partial charge on any atom is 0.112 e. The Morgan fingerprint density at radius 1 is 1.25 bits per heavy atom. The zero-order valence-corrected chi connectivity index (χ0v) is 9.03. The van der Waals surface area contributed by atoms with Crippen molar-refractivity contribution in [1.29, 1.82) is 0 Å². The van der Waals surface area contributed by atoms with E-state index < -0.39 is 0 Å². The summed E-state index contributed by atoms with van der Waals surface area (Å²) in [7, 11) is 0. The first kappa shape index (κ1) is 9.60. The smallest absolute Gasteiger partial charge is 0.112 e. The largest absolute Gasteiger partial charge is 0.508 e. The molecule has 0 bridgehead atoms. The average Bonchev–Trinajstić information content (AvgIpc) is 2.73. The van der Waals surface area contributed by atoms with Gasteiger partial charge in [0.2, 0.25) is 0 Å². The SMILES string of the molecule is OC1=CCC2=NC=C(C3=CCNCC3)C2=C1. The van der Waals surface area contributed by atoms with Crippen LogP contribution in [0.5, 0.6) is 0 Å². The van der Waals surface area contributed by atoms with E-state index in [4.69, 9.17) is 0 Å². The van der Waals surface area contributed by atoms with Crippen LogP contribution >= 0.6 is 0 Å². The number of aliphatic hydroxyl groups is 1. The Bertz CT molecular complexity index is 478. The molecule has 1 aliphatic carbocycles. The summed E-state index contributed by atoms with van der Waals surface area (Å²) in [5.74, 6) is 0.358. The highest BCUT2D eigenvalue weighted by Crippen LogP contribution is 2.32. The summed E-state index contributed by atoms with van der Waals surface area (Å²) < 4.78 is 0. The first-order valence-electron chi connectivity index (χ1n) is 5.63. The molecule has 0 radical (unpaired) electrons. The van der Waals surface area contributed by atoms with Crippen molar-refractivity contribution >= 4 is 5.71 Å². The number of hydrogen-bond acceptors (Lipinski definition) is 3. The highest BCUT2D eigenvalue weighted by Gasteiger charge is 2.23. The molecule has 0 atom stereocenters. The molecule has 2 aliphatic heterocycles. The molecule has 3 aliphatic rings. The van der Waals surface area contributed by atoms with Crippen LogP contribution < -0.4 is 5.32 Å². The standard InChI is InChI=1S/C13H14N2O/c16-10-1-2-13-11(7-10)12(8-15-13)9-3-5-14-6-4-9/h1,3,7-8,14,16H,2,4-6H2. The van der Waals surface area contributed by atoms with E-state index in [1.54, 1.807) is 6.08 Å². The molecule has 2 heterocycles. The number of rotatable bonds is 1. The van der Waals surface area contributed by atoms with Crippen LogP contribution in [-0.4, -0.2) is 23.9 Å². The first-order valence-corrected chi connectivity index (χ1v) is 5.63. The summed E-state index contributed by atoms with van der Waals surface area (Å²) in [6, 6.07) is 0. The molecule has 2 N–H and O–H groups in total. The van der Waals surface area contributed by atoms with Gasteiger partial charge in [-0.25, -0.2) is 0 Å². The Balaban J connectivity index is 1.94. The third kappa shape index (κ3) is 1.53. The normalized spacial score (nSPS) is 23.9. The highest BCUT2D eigenvalue weighted by atomic mass is 16.3. The lowest BCUT2D eigenvalue weighted by molar-refractivity contribution is 0.429. The minimum atomic E-state index is 0.358. The lowest BCUT2D eigenvalue weighted by Crippen LogP contribution is -2.21. The van der Waals surface area contributed by atoms with Gasteiger partial charge >= 0.3 is 0 Å². The van der Waals surface area contributed by atoms with Crippen LogP contribution in [0, 0.1) is 0 Å². The third-order valence-electron chi connectivity index (χ3n) is 3.16. The topological polar surface area (TPSA) is 44.6 Å². The van der Waals surface area contributed by atoms with Crippen molar-refractivity contribution in [2.24, 2.45) is 4.99 Å². The summed E-state index contributed by atoms with van der Waals surface area (Å²) in [6.45, 7) is 1.95. The van der Waals surface area contributed by atoms with Crippen LogP contribution in [0.1, 0.15) is 12.8 Å². The second kappa shape index (κ2) is 3.76. The number of allylic oxidation sites excluding steroid dienone is 4. The van der Waals surface area contributed by atoms with Gasteiger partial charge in [-0.1, -0.05) is 6.08 Å². The van der Waals surface area contributed by atoms with Gasteiger partial charge in [0.25, 0.3) is 0 Å². The molecule has 0 aromatic rings. The number of aliphatic imine (C=N–C) groups is 1. The Labute approximate surface area is 94.6 Å². The first-order chi connectivity index (χ1) is 7.84. The van der Waals surface area contributed by atoms with Crippen molar-refractivity contribution in [2.75, 3.05) is 13.1 Å². The van der Waals surface area contributed by atoms with Crippen molar-refractivity contribution in [2.45, 2.75) is 12.8 Å². The fourth-order valence-corrected chi connectivity index (χ4v) is 2.29. The van der Waals surface area contributed by atoms with Gasteiger partial charge in [0, 0.05) is 30.3 Å². The number of fused-ring (bicyclic) bond motifs is 1. The van der Waals surface area contributed by atoms with Crippen LogP contribution in [0.4, 0.5) is 0 Å². The maximum atomic E-state index is 9.54. The lowest BCUT2D eigenvalue weighted by Gasteiger charge is -2.18. The summed E-state index contributed by atoms with van der Waals surface area (Å²) in [5, 5.41) is 12.8. The predicted octanol–water partition coefficient (Wildman–Crippen LogP) is 2.02. The Hall–Kier alpha value is -1.61. The second-order valence-corrected chi connectivity index (χ2v) is 4.19. The van der Waals surface area contributed by atoms with Crippen LogP contribution in [0.25, 0.3) is 0 Å². The Morgan fingerprint density at radius 3 is 3.00 bits per heavy atom. The van der Waals surface area contributed by atoms with Gasteiger partial charge in [0.05, 0.1) is 5.71 Å². The molecular formula is C13H14N2O. The predicted molar refractivity (Wildman–Crippen MR) is 64.5 cm³/mol. The molecule has 0 amide bonds. The van der Waals surface area contributed by atoms with E-state index in [2.05, 4.69) is 16.4 Å². The van der Waals surface area contributed by atoms with Gasteiger partial charge in [0.15, 0.2) is 0 Å². The average molecular weight is 214 g/mol. The second-order valence-electron chi connectivity index (χ2n) is 4.19. The molecule has 0 saturated heterocycles. The van der Waals surface area contributed by atoms with Crippen molar-refractivity contribution in [3.8, 4) is 0 Å². The van der Waals surface area contributed by atoms with Gasteiger partial charge in [-0.15, -0.1) is 0 Å². The van der Waals surface area contributed by atoms with Crippen LogP contribution in [0.3, 0.4) is 0 Å². The van der Waals surface area contributed by atoms with Crippen LogP contribution in [-0.2, 0) is 0 Å². The van der Waals surface area contributed by atoms with E-state index in [9.17, 15) is 5.11 Å². The van der Waals surface area contributed by atoms with E-state index >= 15 is 0 Å². The van der Waals surface area contributed by atoms with E-state index in [0.29, 0.717) is 5.76 Å². The maximum absolute atomic E-state index is 9.54. The molecule has 0 spiro atoms. The molecule has 0 unspecified atom stereocenters. The monoisotopic (exact) mass is 214 g/mol. The highest BCUT2D eigenvalue weighted by molar-refractivity contribution is 6.09. The van der Waals surface area contributed by atoms with E-state index in [1.165, 1.54) is 11.1 Å². The van der Waals surface area contributed by atoms with E-state index in [1.807, 2.05) is 12.3 Å². The van der Waals surface area contributed by atoms with Crippen molar-refractivity contribution < 1.29 is 5.11 Å². The Morgan fingerprint density at radius 2 is 2.19 bits per heavy atom. The van der Waals surface area contributed by atoms with Gasteiger partial charge < -0.3 is 10.4 Å². The van der Waals surface area contributed by atoms with Crippen molar-refractivity contribution in [3.05, 3.63) is 46.9 Å². The molecule has 16 heavy (non-hydrogen) atoms. The zero-order chi connectivity index (χ0) is 11.0. The number of nitrogens with one attached hydrogen (secondary N) is 1. The van der Waals surface area contributed by atoms with Gasteiger partial charge in [-0.2, -0.15) is 0 Å². The van der Waals surface area contributed by atoms with Crippen LogP contribution in [0.2, 0.25) is 0 Å². The fraction of sp³-hybridized carbons (Fsp3) is 0.308. The molecular weight excluding hydrogens is 200 g/mol. The minimum Gasteiger partial charge on any atom is -0.508 e. The summed E-state index contributed by atoms with van der Waals surface area (Å²) in [4.78, 5) is 4.42. The molecule has 82 valence electrons. The van der Waals surface area contributed by atoms with Gasteiger partial charge in [-0.3, -0.25) is 4.99 Å². The van der Waals surface area contributed by atoms with Crippen LogP contribution in [0.15, 0.2) is 51.9 Å². The molecule has 3 heteroatoms. The lowest BCUT2D eigenvalue weighted by atomic mass is 9.90. The molecule has 3 rings (SSSR count). The molecule has 0 aromatic carbocycles. The van der Waals surface area contributed by atoms with Crippen molar-refractivity contribution in [3.63, 3.8) is 0 Å². The molecule has 0 saturated carbocycles. The number of aliphatic hydroxyl groups excluding tert-OH is 1. The number of hydrogen-bond donors (Lipinski definition) is 2. The fourth-order valence-electron chi connectivity index (χ4n) is 2.29. The van der Waals surface area contributed by atoms with E-state index in [0.717, 1.165) is 37.2 Å².